The van der Waals surface area contributed by atoms with Crippen molar-refractivity contribution in [2.24, 2.45) is 5.73 Å². The van der Waals surface area contributed by atoms with Gasteiger partial charge in [0, 0.05) is 12.2 Å². The zero-order chi connectivity index (χ0) is 32.3. The maximum Gasteiger partial charge on any atom is 0.408 e. The van der Waals surface area contributed by atoms with Crippen molar-refractivity contribution in [2.75, 3.05) is 11.9 Å². The lowest BCUT2D eigenvalue weighted by molar-refractivity contribution is -0.142. The number of alkyl carbamates (subject to hydrolysis) is 1. The van der Waals surface area contributed by atoms with Gasteiger partial charge in [0.1, 0.15) is 23.4 Å². The molecule has 0 saturated heterocycles. The Morgan fingerprint density at radius 2 is 1.61 bits per heavy atom. The summed E-state index contributed by atoms with van der Waals surface area (Å²) in [7, 11) is 0. The van der Waals surface area contributed by atoms with E-state index in [-0.39, 0.29) is 12.3 Å². The van der Waals surface area contributed by atoms with Crippen LogP contribution < -0.4 is 16.4 Å². The van der Waals surface area contributed by atoms with Crippen LogP contribution in [0.2, 0.25) is 0 Å². The monoisotopic (exact) mass is 604 g/mol. The smallest absolute Gasteiger partial charge is 0.408 e. The van der Waals surface area contributed by atoms with Crippen molar-refractivity contribution >= 4 is 40.3 Å². The number of nitrogens with zero attached hydrogens (tertiary/aromatic N) is 1. The highest BCUT2D eigenvalue weighted by atomic mass is 16.6. The average Bonchev–Trinajstić information content (AvgIpc) is 2.94. The van der Waals surface area contributed by atoms with Crippen molar-refractivity contribution in [1.29, 1.82) is 0 Å². The molecule has 44 heavy (non-hydrogen) atoms. The molecule has 10 heteroatoms. The maximum absolute atomic E-state index is 14.2. The number of phenols is 1. The minimum Gasteiger partial charge on any atom is -0.508 e. The summed E-state index contributed by atoms with van der Waals surface area (Å²) in [6, 6.07) is 16.8. The molecule has 0 aliphatic carbocycles. The van der Waals surface area contributed by atoms with E-state index in [4.69, 9.17) is 10.5 Å². The van der Waals surface area contributed by atoms with E-state index in [1.54, 1.807) is 39.0 Å². The van der Waals surface area contributed by atoms with Crippen molar-refractivity contribution in [1.82, 2.24) is 10.2 Å². The van der Waals surface area contributed by atoms with Crippen molar-refractivity contribution < 1.29 is 29.0 Å². The molecule has 0 radical (unpaired) electrons. The van der Waals surface area contributed by atoms with Gasteiger partial charge in [-0.15, -0.1) is 0 Å². The van der Waals surface area contributed by atoms with E-state index < -0.39 is 47.9 Å². The second-order valence-electron chi connectivity index (χ2n) is 11.9. The predicted octanol–water partition coefficient (Wildman–Crippen LogP) is 5.79. The van der Waals surface area contributed by atoms with Crippen LogP contribution in [0.1, 0.15) is 77.8 Å². The Hall–Kier alpha value is -4.60. The Morgan fingerprint density at radius 1 is 0.909 bits per heavy atom. The Morgan fingerprint density at radius 3 is 2.27 bits per heavy atom. The number of hydrogen-bond donors (Lipinski definition) is 4. The summed E-state index contributed by atoms with van der Waals surface area (Å²) in [5.74, 6) is -2.09. The fraction of sp³-hybridized carbons (Fsp3) is 0.412. The van der Waals surface area contributed by atoms with Crippen LogP contribution in [0, 0.1) is 0 Å². The molecule has 236 valence electrons. The summed E-state index contributed by atoms with van der Waals surface area (Å²) < 4.78 is 5.34. The van der Waals surface area contributed by atoms with E-state index in [9.17, 15) is 24.3 Å². The number of benzene rings is 3. The minimum atomic E-state index is -1.38. The van der Waals surface area contributed by atoms with E-state index in [1.165, 1.54) is 17.0 Å². The summed E-state index contributed by atoms with van der Waals surface area (Å²) in [5.41, 5.74) is 5.52. The van der Waals surface area contributed by atoms with Gasteiger partial charge in [-0.2, -0.15) is 0 Å². The van der Waals surface area contributed by atoms with Crippen LogP contribution in [0.4, 0.5) is 10.5 Å². The van der Waals surface area contributed by atoms with Crippen molar-refractivity contribution in [3.63, 3.8) is 0 Å². The van der Waals surface area contributed by atoms with Gasteiger partial charge in [0.15, 0.2) is 0 Å². The fourth-order valence-electron chi connectivity index (χ4n) is 4.95. The van der Waals surface area contributed by atoms with Crippen LogP contribution >= 0.6 is 0 Å². The molecule has 0 aromatic heterocycles. The zero-order valence-corrected chi connectivity index (χ0v) is 26.0. The molecule has 0 aliphatic rings. The number of unbranched alkanes of at least 4 members (excludes halogenated alkanes) is 4. The molecule has 0 fully saturated rings. The maximum atomic E-state index is 14.2. The number of anilines is 1. The molecule has 3 aromatic rings. The molecule has 0 heterocycles. The van der Waals surface area contributed by atoms with Gasteiger partial charge in [-0.25, -0.2) is 4.79 Å². The van der Waals surface area contributed by atoms with E-state index >= 15 is 0 Å². The molecule has 0 aliphatic heterocycles. The topological polar surface area (TPSA) is 151 Å². The summed E-state index contributed by atoms with van der Waals surface area (Å²) in [5, 5.41) is 17.7. The van der Waals surface area contributed by atoms with Crippen molar-refractivity contribution in [3.8, 4) is 5.75 Å². The van der Waals surface area contributed by atoms with Gasteiger partial charge < -0.3 is 31.1 Å². The molecule has 3 aromatic carbocycles. The lowest BCUT2D eigenvalue weighted by Crippen LogP contribution is -2.53. The SMILES string of the molecule is CCCCCCCN(C(=O)C(CC(N)=O)NC(=O)OC(C)(C)C)C(C(=O)Nc1ccc2ccccc2c1)c1cccc(O)c1. The molecule has 0 saturated carbocycles. The number of aromatic hydroxyl groups is 1. The second kappa shape index (κ2) is 15.7. The zero-order valence-electron chi connectivity index (χ0n) is 26.0. The average molecular weight is 605 g/mol. The lowest BCUT2D eigenvalue weighted by Gasteiger charge is -2.34. The number of fused-ring (bicyclic) bond motifs is 1. The van der Waals surface area contributed by atoms with Gasteiger partial charge >= 0.3 is 6.09 Å². The van der Waals surface area contributed by atoms with Gasteiger partial charge in [0.05, 0.1) is 6.42 Å². The highest BCUT2D eigenvalue weighted by molar-refractivity contribution is 6.01. The number of nitrogens with two attached hydrogens (primary N) is 1. The van der Waals surface area contributed by atoms with Crippen LogP contribution in [0.5, 0.6) is 5.75 Å². The van der Waals surface area contributed by atoms with E-state index in [2.05, 4.69) is 17.6 Å². The third-order valence-electron chi connectivity index (χ3n) is 6.94. The van der Waals surface area contributed by atoms with Gasteiger partial charge in [-0.05, 0) is 67.8 Å². The first-order chi connectivity index (χ1) is 20.9. The molecule has 2 atom stereocenters. The van der Waals surface area contributed by atoms with Gasteiger partial charge in [-0.3, -0.25) is 14.4 Å². The van der Waals surface area contributed by atoms with Gasteiger partial charge in [-0.1, -0.05) is 75.1 Å². The van der Waals surface area contributed by atoms with Crippen LogP contribution in [0.25, 0.3) is 10.8 Å². The Balaban J connectivity index is 2.03. The minimum absolute atomic E-state index is 0.0816. The number of hydrogen-bond acceptors (Lipinski definition) is 6. The lowest BCUT2D eigenvalue weighted by atomic mass is 10.0. The van der Waals surface area contributed by atoms with E-state index in [1.807, 2.05) is 36.4 Å². The highest BCUT2D eigenvalue weighted by Crippen LogP contribution is 2.29. The first-order valence-electron chi connectivity index (χ1n) is 15.0. The van der Waals surface area contributed by atoms with Gasteiger partial charge in [0.25, 0.3) is 5.91 Å². The largest absolute Gasteiger partial charge is 0.508 e. The quantitative estimate of drug-likeness (QED) is 0.171. The standard InChI is InChI=1S/C34H44N4O6/c1-5-6-7-8-11-19-38(32(42)28(22-29(35)40)37-33(43)44-34(2,3)4)30(25-15-12-16-27(39)21-25)31(41)36-26-18-17-23-13-9-10-14-24(23)20-26/h9-10,12-18,20-21,28,30,39H,5-8,11,19,22H2,1-4H3,(H2,35,40)(H,36,41)(H,37,43). The fourth-order valence-corrected chi connectivity index (χ4v) is 4.95. The molecular weight excluding hydrogens is 560 g/mol. The van der Waals surface area contributed by atoms with Gasteiger partial charge in [0.2, 0.25) is 11.8 Å². The number of carbonyl (C=O) groups is 4. The number of amides is 4. The molecule has 0 spiro atoms. The van der Waals surface area contributed by atoms with E-state index in [0.717, 1.165) is 36.5 Å². The number of phenolic OH excluding ortho intramolecular Hbond substituents is 1. The Bertz CT molecular complexity index is 1450. The molecule has 5 N–H and O–H groups in total. The Labute approximate surface area is 258 Å². The summed E-state index contributed by atoms with van der Waals surface area (Å²) in [6.07, 6.45) is 2.98. The second-order valence-corrected chi connectivity index (χ2v) is 11.9. The third kappa shape index (κ3) is 10.3. The first kappa shape index (κ1) is 33.9. The number of primary amides is 1. The molecule has 0 bridgehead atoms. The van der Waals surface area contributed by atoms with Crippen LogP contribution in [-0.4, -0.2) is 52.0 Å². The molecule has 3 rings (SSSR count). The van der Waals surface area contributed by atoms with Crippen LogP contribution in [-0.2, 0) is 19.1 Å². The predicted molar refractivity (Wildman–Crippen MR) is 171 cm³/mol. The number of carbonyl (C=O) groups excluding carboxylic acids is 4. The van der Waals surface area contributed by atoms with Crippen LogP contribution in [0.15, 0.2) is 66.7 Å². The van der Waals surface area contributed by atoms with E-state index in [0.29, 0.717) is 17.7 Å². The number of rotatable bonds is 14. The summed E-state index contributed by atoms with van der Waals surface area (Å²) >= 11 is 0. The van der Waals surface area contributed by atoms with Crippen LogP contribution in [0.3, 0.4) is 0 Å². The third-order valence-corrected chi connectivity index (χ3v) is 6.94. The number of ether oxygens (including phenoxy) is 1. The van der Waals surface area contributed by atoms with Crippen molar-refractivity contribution in [2.45, 2.75) is 83.9 Å². The normalized spacial score (nSPS) is 12.6. The Kier molecular flexibility index (Phi) is 12.1. The molecule has 10 nitrogen and oxygen atoms in total. The molecule has 4 amide bonds. The summed E-state index contributed by atoms with van der Waals surface area (Å²) in [6.45, 7) is 7.28. The highest BCUT2D eigenvalue weighted by Gasteiger charge is 2.37. The van der Waals surface area contributed by atoms with Crippen molar-refractivity contribution in [3.05, 3.63) is 72.3 Å². The summed E-state index contributed by atoms with van der Waals surface area (Å²) in [4.78, 5) is 54.4. The number of nitrogens with one attached hydrogen (secondary N) is 2. The molecule has 2 unspecified atom stereocenters. The first-order valence-corrected chi connectivity index (χ1v) is 15.0. The molecular formula is C34H44N4O6.